The van der Waals surface area contributed by atoms with E-state index in [4.69, 9.17) is 23.6 Å². The Bertz CT molecular complexity index is 871. The van der Waals surface area contributed by atoms with E-state index in [0.29, 0.717) is 0 Å². The lowest BCUT2D eigenvalue weighted by molar-refractivity contribution is 1.76. The molecule has 0 saturated heterocycles. The van der Waals surface area contributed by atoms with Gasteiger partial charge in [0.2, 0.25) is 0 Å². The van der Waals surface area contributed by atoms with Gasteiger partial charge < -0.3 is 0 Å². The van der Waals surface area contributed by atoms with Gasteiger partial charge in [-0.2, -0.15) is 0 Å². The maximum absolute atomic E-state index is 6.31. The van der Waals surface area contributed by atoms with Crippen molar-refractivity contribution in [2.75, 3.05) is 5.90 Å². The Morgan fingerprint density at radius 2 is 0.870 bits per heavy atom. The maximum atomic E-state index is 6.31. The normalized spacial score (nSPS) is 25.9. The molecule has 3 aromatic carbocycles. The molecule has 23 heavy (non-hydrogen) atoms. The Morgan fingerprint density at radius 1 is 0.522 bits per heavy atom. The second-order valence-electron chi connectivity index (χ2n) is 5.78. The van der Waals surface area contributed by atoms with E-state index in [1.807, 2.05) is 0 Å². The van der Waals surface area contributed by atoms with Crippen LogP contribution >= 0.6 is 12.1 Å². The van der Waals surface area contributed by atoms with Crippen LogP contribution in [-0.2, 0) is 23.6 Å². The van der Waals surface area contributed by atoms with Gasteiger partial charge >= 0.3 is 0 Å². The summed E-state index contributed by atoms with van der Waals surface area (Å²) in [5.74, 6) is 0.956. The molecule has 0 fully saturated rings. The SMILES string of the molecule is S=[P@@]1(c2ccccc2)C[P@](=S)(c2ccccc2)c2ccccc21. The summed E-state index contributed by atoms with van der Waals surface area (Å²) < 4.78 is 0. The van der Waals surface area contributed by atoms with Crippen molar-refractivity contribution in [3.05, 3.63) is 84.9 Å². The summed E-state index contributed by atoms with van der Waals surface area (Å²) in [5, 5.41) is 5.27. The second kappa shape index (κ2) is 5.80. The molecule has 0 spiro atoms. The topological polar surface area (TPSA) is 0 Å². The third-order valence-electron chi connectivity index (χ3n) is 4.40. The van der Waals surface area contributed by atoms with Gasteiger partial charge in [0.15, 0.2) is 0 Å². The lowest BCUT2D eigenvalue weighted by atomic mass is 10.4. The van der Waals surface area contributed by atoms with Crippen molar-refractivity contribution in [3.8, 4) is 0 Å². The first-order valence-electron chi connectivity index (χ1n) is 7.54. The van der Waals surface area contributed by atoms with Crippen LogP contribution in [0.1, 0.15) is 0 Å². The average molecular weight is 370 g/mol. The molecule has 1 heterocycles. The molecule has 1 aliphatic heterocycles. The molecule has 0 N–H and O–H groups in total. The van der Waals surface area contributed by atoms with Gasteiger partial charge in [-0.1, -0.05) is 109 Å². The Kier molecular flexibility index (Phi) is 3.90. The van der Waals surface area contributed by atoms with Gasteiger partial charge in [0, 0.05) is 18.0 Å². The highest BCUT2D eigenvalue weighted by Crippen LogP contribution is 2.64. The first-order valence-corrected chi connectivity index (χ1v) is 13.5. The summed E-state index contributed by atoms with van der Waals surface area (Å²) in [6, 6.07) is 26.3. The zero-order chi connectivity index (χ0) is 15.9. The fraction of sp³-hybridized carbons (Fsp3) is 0.0526. The van der Waals surface area contributed by atoms with Crippen LogP contribution in [0.25, 0.3) is 0 Å². The summed E-state index contributed by atoms with van der Waals surface area (Å²) in [4.78, 5) is 0. The van der Waals surface area contributed by atoms with E-state index in [2.05, 4.69) is 84.9 Å². The molecule has 0 aromatic heterocycles. The van der Waals surface area contributed by atoms with E-state index < -0.39 is 12.1 Å². The third-order valence-corrected chi connectivity index (χ3v) is 16.9. The predicted octanol–water partition coefficient (Wildman–Crippen LogP) is 3.52. The monoisotopic (exact) mass is 370 g/mol. The Hall–Kier alpha value is -1.04. The third kappa shape index (κ3) is 2.41. The van der Waals surface area contributed by atoms with Gasteiger partial charge in [-0.05, 0) is 21.2 Å². The first kappa shape index (κ1) is 15.5. The Morgan fingerprint density at radius 3 is 1.26 bits per heavy atom. The number of hydrogen-bond donors (Lipinski definition) is 0. The molecule has 0 nitrogen and oxygen atoms in total. The molecular weight excluding hydrogens is 354 g/mol. The van der Waals surface area contributed by atoms with Crippen molar-refractivity contribution in [1.29, 1.82) is 0 Å². The molecule has 2 atom stereocenters. The molecule has 0 saturated carbocycles. The summed E-state index contributed by atoms with van der Waals surface area (Å²) in [7, 11) is 0. The van der Waals surface area contributed by atoms with Gasteiger partial charge in [0.25, 0.3) is 0 Å². The Balaban J connectivity index is 1.99. The molecule has 114 valence electrons. The summed E-state index contributed by atoms with van der Waals surface area (Å²) in [6.07, 6.45) is 0. The van der Waals surface area contributed by atoms with Crippen LogP contribution in [0.3, 0.4) is 0 Å². The minimum atomic E-state index is -1.82. The summed E-state index contributed by atoms with van der Waals surface area (Å²) in [6.45, 7) is 0. The van der Waals surface area contributed by atoms with E-state index in [-0.39, 0.29) is 0 Å². The number of benzene rings is 3. The van der Waals surface area contributed by atoms with E-state index in [1.54, 1.807) is 0 Å². The van der Waals surface area contributed by atoms with Crippen molar-refractivity contribution >= 4 is 56.9 Å². The standard InChI is InChI=1S/C19H16P2S2/c22-20(16-9-3-1-4-10-16)15-21(23,17-11-5-2-6-12-17)19-14-8-7-13-18(19)20/h1-14H,15H2/t20-,21+. The van der Waals surface area contributed by atoms with E-state index >= 15 is 0 Å². The minimum Gasteiger partial charge on any atom is -0.0872 e. The van der Waals surface area contributed by atoms with Crippen LogP contribution in [0.5, 0.6) is 0 Å². The maximum Gasteiger partial charge on any atom is 0.0213 e. The zero-order valence-electron chi connectivity index (χ0n) is 12.5. The smallest absolute Gasteiger partial charge is 0.0213 e. The highest BCUT2D eigenvalue weighted by Gasteiger charge is 2.42. The van der Waals surface area contributed by atoms with Gasteiger partial charge in [0.1, 0.15) is 0 Å². The fourth-order valence-electron chi connectivity index (χ4n) is 3.29. The van der Waals surface area contributed by atoms with Crippen LogP contribution in [0.4, 0.5) is 0 Å². The van der Waals surface area contributed by atoms with Gasteiger partial charge in [-0.3, -0.25) is 0 Å². The number of rotatable bonds is 2. The van der Waals surface area contributed by atoms with Crippen LogP contribution < -0.4 is 21.2 Å². The van der Waals surface area contributed by atoms with E-state index in [9.17, 15) is 0 Å². The lowest BCUT2D eigenvalue weighted by Gasteiger charge is -2.20. The molecule has 0 aliphatic carbocycles. The van der Waals surface area contributed by atoms with Gasteiger partial charge in [0.05, 0.1) is 0 Å². The molecule has 4 rings (SSSR count). The average Bonchev–Trinajstić information content (AvgIpc) is 2.87. The van der Waals surface area contributed by atoms with Crippen molar-refractivity contribution in [1.82, 2.24) is 0 Å². The largest absolute Gasteiger partial charge is 0.0872 e. The molecule has 3 aromatic rings. The molecule has 0 amide bonds. The minimum absolute atomic E-state index is 0.956. The fourth-order valence-corrected chi connectivity index (χ4v) is 18.4. The molecule has 4 heteroatoms. The van der Waals surface area contributed by atoms with Crippen molar-refractivity contribution in [2.45, 2.75) is 0 Å². The van der Waals surface area contributed by atoms with E-state index in [0.717, 1.165) is 5.90 Å². The lowest BCUT2D eigenvalue weighted by Crippen LogP contribution is -2.23. The van der Waals surface area contributed by atoms with Gasteiger partial charge in [-0.25, -0.2) is 0 Å². The molecular formula is C19H16P2S2. The van der Waals surface area contributed by atoms with Crippen LogP contribution in [0.15, 0.2) is 84.9 Å². The van der Waals surface area contributed by atoms with Crippen molar-refractivity contribution in [2.24, 2.45) is 0 Å². The number of fused-ring (bicyclic) bond motifs is 1. The van der Waals surface area contributed by atoms with Crippen molar-refractivity contribution in [3.63, 3.8) is 0 Å². The Labute approximate surface area is 147 Å². The first-order chi connectivity index (χ1) is 11.1. The molecule has 0 radical (unpaired) electrons. The molecule has 0 unspecified atom stereocenters. The van der Waals surface area contributed by atoms with E-state index in [1.165, 1.54) is 21.2 Å². The predicted molar refractivity (Wildman–Crippen MR) is 111 cm³/mol. The van der Waals surface area contributed by atoms with Crippen LogP contribution in [-0.4, -0.2) is 5.90 Å². The summed E-state index contributed by atoms with van der Waals surface area (Å²) >= 11 is 12.6. The molecule has 1 aliphatic rings. The highest BCUT2D eigenvalue weighted by atomic mass is 32.5. The number of hydrogen-bond acceptors (Lipinski definition) is 2. The van der Waals surface area contributed by atoms with Crippen molar-refractivity contribution < 1.29 is 0 Å². The quantitative estimate of drug-likeness (QED) is 0.633. The highest BCUT2D eigenvalue weighted by molar-refractivity contribution is 8.34. The van der Waals surface area contributed by atoms with Crippen LogP contribution in [0.2, 0.25) is 0 Å². The summed E-state index contributed by atoms with van der Waals surface area (Å²) in [5.41, 5.74) is 0. The van der Waals surface area contributed by atoms with Crippen LogP contribution in [0, 0.1) is 0 Å². The second-order valence-corrected chi connectivity index (χ2v) is 15.6. The zero-order valence-corrected chi connectivity index (χ0v) is 15.9. The molecule has 0 bridgehead atoms. The van der Waals surface area contributed by atoms with Gasteiger partial charge in [-0.15, -0.1) is 0 Å².